The largest absolute Gasteiger partial charge is 0.481 e. The van der Waals surface area contributed by atoms with Crippen LogP contribution in [0.5, 0.6) is 0 Å². The SMILES string of the molecule is CC(CC(=O)O)CC(=O)N(C)CCOC(C)C. The van der Waals surface area contributed by atoms with Crippen LogP contribution >= 0.6 is 0 Å². The number of nitrogens with zero attached hydrogens (tertiary/aromatic N) is 1. The van der Waals surface area contributed by atoms with Gasteiger partial charge in [-0.15, -0.1) is 0 Å². The Labute approximate surface area is 103 Å². The molecule has 0 aromatic carbocycles. The maximum atomic E-state index is 11.7. The number of hydrogen-bond acceptors (Lipinski definition) is 3. The van der Waals surface area contributed by atoms with Crippen molar-refractivity contribution < 1.29 is 19.4 Å². The predicted molar refractivity (Wildman–Crippen MR) is 64.8 cm³/mol. The number of rotatable bonds is 8. The summed E-state index contributed by atoms with van der Waals surface area (Å²) in [4.78, 5) is 23.7. The molecule has 0 bridgehead atoms. The molecule has 0 aromatic rings. The number of aliphatic carboxylic acids is 1. The van der Waals surface area contributed by atoms with Gasteiger partial charge in [0.15, 0.2) is 0 Å². The molecule has 100 valence electrons. The van der Waals surface area contributed by atoms with Crippen LogP contribution in [0.25, 0.3) is 0 Å². The summed E-state index contributed by atoms with van der Waals surface area (Å²) in [6, 6.07) is 0. The van der Waals surface area contributed by atoms with E-state index >= 15 is 0 Å². The van der Waals surface area contributed by atoms with Crippen molar-refractivity contribution in [2.24, 2.45) is 5.92 Å². The number of carboxylic acids is 1. The van der Waals surface area contributed by atoms with Crippen LogP contribution in [0.15, 0.2) is 0 Å². The lowest BCUT2D eigenvalue weighted by Gasteiger charge is -2.19. The van der Waals surface area contributed by atoms with Gasteiger partial charge in [-0.05, 0) is 19.8 Å². The molecular formula is C12H23NO4. The van der Waals surface area contributed by atoms with E-state index < -0.39 is 5.97 Å². The molecule has 1 unspecified atom stereocenters. The van der Waals surface area contributed by atoms with Crippen molar-refractivity contribution in [1.82, 2.24) is 4.90 Å². The number of carboxylic acid groups (broad SMARTS) is 1. The Morgan fingerprint density at radius 3 is 2.29 bits per heavy atom. The Balaban J connectivity index is 3.84. The highest BCUT2D eigenvalue weighted by molar-refractivity contribution is 5.77. The van der Waals surface area contributed by atoms with Crippen molar-refractivity contribution in [2.45, 2.75) is 39.7 Å². The topological polar surface area (TPSA) is 66.8 Å². The summed E-state index contributed by atoms with van der Waals surface area (Å²) in [5, 5.41) is 8.59. The average molecular weight is 245 g/mol. The van der Waals surface area contributed by atoms with E-state index in [4.69, 9.17) is 9.84 Å². The standard InChI is InChI=1S/C12H23NO4/c1-9(2)17-6-5-13(4)11(14)7-10(3)8-12(15)16/h9-10H,5-8H2,1-4H3,(H,15,16). The summed E-state index contributed by atoms with van der Waals surface area (Å²) in [6.07, 6.45) is 0.455. The molecule has 0 aliphatic carbocycles. The summed E-state index contributed by atoms with van der Waals surface area (Å²) in [5.74, 6) is -1.03. The number of hydrogen-bond donors (Lipinski definition) is 1. The summed E-state index contributed by atoms with van der Waals surface area (Å²) >= 11 is 0. The molecule has 0 aliphatic rings. The molecule has 0 rings (SSSR count). The molecule has 1 amide bonds. The smallest absolute Gasteiger partial charge is 0.303 e. The van der Waals surface area contributed by atoms with Gasteiger partial charge in [-0.1, -0.05) is 6.92 Å². The number of ether oxygens (including phenoxy) is 1. The van der Waals surface area contributed by atoms with Crippen LogP contribution in [0.4, 0.5) is 0 Å². The maximum absolute atomic E-state index is 11.7. The van der Waals surface area contributed by atoms with Gasteiger partial charge in [0, 0.05) is 26.4 Å². The minimum atomic E-state index is -0.865. The Morgan fingerprint density at radius 1 is 1.24 bits per heavy atom. The van der Waals surface area contributed by atoms with E-state index in [-0.39, 0.29) is 30.8 Å². The molecule has 0 fully saturated rings. The molecule has 0 aromatic heterocycles. The number of carbonyl (C=O) groups is 2. The molecular weight excluding hydrogens is 222 g/mol. The quantitative estimate of drug-likeness (QED) is 0.701. The zero-order chi connectivity index (χ0) is 13.4. The third-order valence-electron chi connectivity index (χ3n) is 2.35. The zero-order valence-corrected chi connectivity index (χ0v) is 11.1. The van der Waals surface area contributed by atoms with Gasteiger partial charge in [-0.25, -0.2) is 0 Å². The van der Waals surface area contributed by atoms with Gasteiger partial charge in [-0.2, -0.15) is 0 Å². The first-order valence-corrected chi connectivity index (χ1v) is 5.90. The van der Waals surface area contributed by atoms with Gasteiger partial charge in [-0.3, -0.25) is 9.59 Å². The fourth-order valence-corrected chi connectivity index (χ4v) is 1.37. The van der Waals surface area contributed by atoms with E-state index in [0.29, 0.717) is 13.2 Å². The average Bonchev–Trinajstić information content (AvgIpc) is 2.15. The highest BCUT2D eigenvalue weighted by Crippen LogP contribution is 2.09. The number of likely N-dealkylation sites (N-methyl/N-ethyl adjacent to an activating group) is 1. The van der Waals surface area contributed by atoms with Gasteiger partial charge >= 0.3 is 5.97 Å². The van der Waals surface area contributed by atoms with Gasteiger partial charge < -0.3 is 14.7 Å². The minimum Gasteiger partial charge on any atom is -0.481 e. The Morgan fingerprint density at radius 2 is 1.82 bits per heavy atom. The van der Waals surface area contributed by atoms with Crippen LogP contribution in [0.1, 0.15) is 33.6 Å². The summed E-state index contributed by atoms with van der Waals surface area (Å²) in [5.41, 5.74) is 0. The Hall–Kier alpha value is -1.10. The van der Waals surface area contributed by atoms with E-state index in [2.05, 4.69) is 0 Å². The molecule has 1 atom stereocenters. The molecule has 0 radical (unpaired) electrons. The maximum Gasteiger partial charge on any atom is 0.303 e. The van der Waals surface area contributed by atoms with Gasteiger partial charge in [0.25, 0.3) is 0 Å². The lowest BCUT2D eigenvalue weighted by atomic mass is 10.0. The molecule has 0 heterocycles. The van der Waals surface area contributed by atoms with E-state index in [9.17, 15) is 9.59 Å². The number of carbonyl (C=O) groups excluding carboxylic acids is 1. The summed E-state index contributed by atoms with van der Waals surface area (Å²) in [7, 11) is 1.71. The van der Waals surface area contributed by atoms with E-state index in [1.54, 1.807) is 18.9 Å². The lowest BCUT2D eigenvalue weighted by molar-refractivity contribution is -0.138. The fraction of sp³-hybridized carbons (Fsp3) is 0.833. The third kappa shape index (κ3) is 8.68. The summed E-state index contributed by atoms with van der Waals surface area (Å²) < 4.78 is 5.34. The van der Waals surface area contributed by atoms with Crippen LogP contribution in [0.2, 0.25) is 0 Å². The first kappa shape index (κ1) is 15.9. The fourth-order valence-electron chi connectivity index (χ4n) is 1.37. The summed E-state index contributed by atoms with van der Waals surface area (Å²) in [6.45, 7) is 6.70. The highest BCUT2D eigenvalue weighted by Gasteiger charge is 2.15. The lowest BCUT2D eigenvalue weighted by Crippen LogP contribution is -2.32. The number of amides is 1. The monoisotopic (exact) mass is 245 g/mol. The molecule has 0 aliphatic heterocycles. The molecule has 0 saturated carbocycles. The normalized spacial score (nSPS) is 12.5. The Bertz CT molecular complexity index is 253. The highest BCUT2D eigenvalue weighted by atomic mass is 16.5. The first-order chi connectivity index (χ1) is 7.82. The second-order valence-corrected chi connectivity index (χ2v) is 4.64. The van der Waals surface area contributed by atoms with Gasteiger partial charge in [0.2, 0.25) is 5.91 Å². The van der Waals surface area contributed by atoms with Crippen molar-refractivity contribution in [3.8, 4) is 0 Å². The van der Waals surface area contributed by atoms with Crippen LogP contribution < -0.4 is 0 Å². The van der Waals surface area contributed by atoms with E-state index in [0.717, 1.165) is 0 Å². The van der Waals surface area contributed by atoms with Crippen LogP contribution in [-0.4, -0.2) is 48.2 Å². The first-order valence-electron chi connectivity index (χ1n) is 5.90. The molecule has 0 spiro atoms. The van der Waals surface area contributed by atoms with Crippen molar-refractivity contribution >= 4 is 11.9 Å². The second-order valence-electron chi connectivity index (χ2n) is 4.64. The van der Waals surface area contributed by atoms with E-state index in [1.807, 2.05) is 13.8 Å². The van der Waals surface area contributed by atoms with Crippen molar-refractivity contribution in [3.63, 3.8) is 0 Å². The van der Waals surface area contributed by atoms with Crippen molar-refractivity contribution in [1.29, 1.82) is 0 Å². The molecule has 5 nitrogen and oxygen atoms in total. The molecule has 5 heteroatoms. The predicted octanol–water partition coefficient (Wildman–Crippen LogP) is 1.37. The van der Waals surface area contributed by atoms with Crippen LogP contribution in [-0.2, 0) is 14.3 Å². The van der Waals surface area contributed by atoms with Crippen molar-refractivity contribution in [3.05, 3.63) is 0 Å². The molecule has 17 heavy (non-hydrogen) atoms. The second kappa shape index (κ2) is 8.06. The zero-order valence-electron chi connectivity index (χ0n) is 11.1. The van der Waals surface area contributed by atoms with Gasteiger partial charge in [0.05, 0.1) is 12.7 Å². The third-order valence-corrected chi connectivity index (χ3v) is 2.35. The molecule has 1 N–H and O–H groups in total. The molecule has 0 saturated heterocycles. The van der Waals surface area contributed by atoms with Crippen LogP contribution in [0, 0.1) is 5.92 Å². The minimum absolute atomic E-state index is 0.0298. The Kier molecular flexibility index (Phi) is 7.54. The van der Waals surface area contributed by atoms with E-state index in [1.165, 1.54) is 0 Å². The van der Waals surface area contributed by atoms with Crippen LogP contribution in [0.3, 0.4) is 0 Å². The van der Waals surface area contributed by atoms with Crippen molar-refractivity contribution in [2.75, 3.05) is 20.2 Å². The van der Waals surface area contributed by atoms with Gasteiger partial charge in [0.1, 0.15) is 0 Å².